The van der Waals surface area contributed by atoms with Gasteiger partial charge in [-0.1, -0.05) is 53.5 Å². The molecule has 0 saturated heterocycles. The SMILES string of the molecule is CCOC(=O)C(C(=O)c1cc(Cl)cc(Cl)c1)c1ccccc1. The highest BCUT2D eigenvalue weighted by Crippen LogP contribution is 2.26. The predicted molar refractivity (Wildman–Crippen MR) is 86.6 cm³/mol. The summed E-state index contributed by atoms with van der Waals surface area (Å²) >= 11 is 11.9. The van der Waals surface area contributed by atoms with Crippen molar-refractivity contribution >= 4 is 35.0 Å². The van der Waals surface area contributed by atoms with Crippen LogP contribution in [0, 0.1) is 0 Å². The average Bonchev–Trinajstić information content (AvgIpc) is 2.48. The second kappa shape index (κ2) is 7.43. The quantitative estimate of drug-likeness (QED) is 0.458. The zero-order valence-corrected chi connectivity index (χ0v) is 13.4. The van der Waals surface area contributed by atoms with Crippen molar-refractivity contribution in [2.45, 2.75) is 12.8 Å². The van der Waals surface area contributed by atoms with Gasteiger partial charge >= 0.3 is 5.97 Å². The van der Waals surface area contributed by atoms with Crippen molar-refractivity contribution in [1.29, 1.82) is 0 Å². The van der Waals surface area contributed by atoms with Gasteiger partial charge in [0.1, 0.15) is 5.92 Å². The molecule has 0 saturated carbocycles. The lowest BCUT2D eigenvalue weighted by molar-refractivity contribution is -0.143. The number of carbonyl (C=O) groups excluding carboxylic acids is 2. The highest BCUT2D eigenvalue weighted by atomic mass is 35.5. The van der Waals surface area contributed by atoms with Crippen molar-refractivity contribution in [1.82, 2.24) is 0 Å². The van der Waals surface area contributed by atoms with E-state index in [1.807, 2.05) is 6.07 Å². The van der Waals surface area contributed by atoms with Gasteiger partial charge in [0.2, 0.25) is 0 Å². The molecule has 0 fully saturated rings. The van der Waals surface area contributed by atoms with Gasteiger partial charge in [0.05, 0.1) is 6.61 Å². The molecule has 2 aromatic rings. The first-order valence-corrected chi connectivity index (χ1v) is 7.50. The Labute approximate surface area is 138 Å². The van der Waals surface area contributed by atoms with Crippen LogP contribution in [-0.4, -0.2) is 18.4 Å². The van der Waals surface area contributed by atoms with Crippen molar-refractivity contribution in [3.05, 3.63) is 69.7 Å². The maximum absolute atomic E-state index is 12.7. The Balaban J connectivity index is 2.44. The van der Waals surface area contributed by atoms with Gasteiger partial charge in [-0.05, 0) is 30.7 Å². The van der Waals surface area contributed by atoms with Crippen molar-refractivity contribution < 1.29 is 14.3 Å². The molecule has 0 bridgehead atoms. The molecular weight excluding hydrogens is 323 g/mol. The smallest absolute Gasteiger partial charge is 0.321 e. The van der Waals surface area contributed by atoms with Crippen LogP contribution in [0.1, 0.15) is 28.8 Å². The van der Waals surface area contributed by atoms with Gasteiger partial charge in [0.15, 0.2) is 5.78 Å². The highest BCUT2D eigenvalue weighted by molar-refractivity contribution is 6.35. The Morgan fingerprint density at radius 2 is 1.64 bits per heavy atom. The zero-order chi connectivity index (χ0) is 16.1. The molecule has 0 aromatic heterocycles. The normalized spacial score (nSPS) is 11.8. The first-order chi connectivity index (χ1) is 10.5. The van der Waals surface area contributed by atoms with Crippen LogP contribution < -0.4 is 0 Å². The summed E-state index contributed by atoms with van der Waals surface area (Å²) in [4.78, 5) is 25.0. The molecule has 0 amide bonds. The fraction of sp³-hybridized carbons (Fsp3) is 0.176. The number of halogens is 2. The Kier molecular flexibility index (Phi) is 5.58. The molecule has 0 aliphatic heterocycles. The van der Waals surface area contributed by atoms with E-state index in [4.69, 9.17) is 27.9 Å². The molecule has 114 valence electrons. The third-order valence-corrected chi connectivity index (χ3v) is 3.50. The van der Waals surface area contributed by atoms with E-state index in [-0.39, 0.29) is 12.2 Å². The monoisotopic (exact) mass is 336 g/mol. The van der Waals surface area contributed by atoms with Crippen LogP contribution in [-0.2, 0) is 9.53 Å². The molecule has 2 rings (SSSR count). The van der Waals surface area contributed by atoms with Gasteiger partial charge in [-0.3, -0.25) is 9.59 Å². The van der Waals surface area contributed by atoms with Crippen LogP contribution in [0.5, 0.6) is 0 Å². The summed E-state index contributed by atoms with van der Waals surface area (Å²) < 4.78 is 5.04. The lowest BCUT2D eigenvalue weighted by Crippen LogP contribution is -2.24. The van der Waals surface area contributed by atoms with E-state index in [0.717, 1.165) is 0 Å². The Morgan fingerprint density at radius 1 is 1.05 bits per heavy atom. The third-order valence-electron chi connectivity index (χ3n) is 3.06. The van der Waals surface area contributed by atoms with Crippen LogP contribution in [0.25, 0.3) is 0 Å². The summed E-state index contributed by atoms with van der Waals surface area (Å²) in [5.41, 5.74) is 0.849. The molecule has 0 aliphatic carbocycles. The molecule has 3 nitrogen and oxygen atoms in total. The Morgan fingerprint density at radius 3 is 2.18 bits per heavy atom. The zero-order valence-electron chi connectivity index (χ0n) is 11.9. The molecule has 22 heavy (non-hydrogen) atoms. The maximum Gasteiger partial charge on any atom is 0.321 e. The maximum atomic E-state index is 12.7. The number of benzene rings is 2. The second-order valence-corrected chi connectivity index (χ2v) is 5.49. The fourth-order valence-electron chi connectivity index (χ4n) is 2.13. The summed E-state index contributed by atoms with van der Waals surface area (Å²) in [7, 11) is 0. The summed E-state index contributed by atoms with van der Waals surface area (Å²) in [5, 5.41) is 0.679. The van der Waals surface area contributed by atoms with E-state index < -0.39 is 17.7 Å². The molecule has 0 N–H and O–H groups in total. The Bertz CT molecular complexity index is 663. The van der Waals surface area contributed by atoms with Crippen LogP contribution in [0.15, 0.2) is 48.5 Å². The molecule has 1 unspecified atom stereocenters. The minimum Gasteiger partial charge on any atom is -0.465 e. The number of carbonyl (C=O) groups is 2. The largest absolute Gasteiger partial charge is 0.465 e. The second-order valence-electron chi connectivity index (χ2n) is 4.62. The van der Waals surface area contributed by atoms with Gasteiger partial charge in [-0.2, -0.15) is 0 Å². The van der Waals surface area contributed by atoms with Crippen molar-refractivity contribution in [2.75, 3.05) is 6.61 Å². The van der Waals surface area contributed by atoms with Crippen molar-refractivity contribution in [2.24, 2.45) is 0 Å². The van der Waals surface area contributed by atoms with E-state index in [9.17, 15) is 9.59 Å². The number of hydrogen-bond acceptors (Lipinski definition) is 3. The number of rotatable bonds is 5. The number of esters is 1. The van der Waals surface area contributed by atoms with Gasteiger partial charge in [-0.25, -0.2) is 0 Å². The third kappa shape index (κ3) is 3.87. The number of Topliss-reactive ketones (excluding diaryl/α,β-unsaturated/α-hetero) is 1. The minimum absolute atomic E-state index is 0.200. The summed E-state index contributed by atoms with van der Waals surface area (Å²) in [6.45, 7) is 1.90. The van der Waals surface area contributed by atoms with E-state index >= 15 is 0 Å². The topological polar surface area (TPSA) is 43.4 Å². The molecular formula is C17H14Cl2O3. The van der Waals surface area contributed by atoms with Crippen LogP contribution in [0.2, 0.25) is 10.0 Å². The first kappa shape index (κ1) is 16.5. The predicted octanol–water partition coefficient (Wildman–Crippen LogP) is 4.52. The lowest BCUT2D eigenvalue weighted by atomic mass is 9.90. The molecule has 0 radical (unpaired) electrons. The fourth-order valence-corrected chi connectivity index (χ4v) is 2.65. The van der Waals surface area contributed by atoms with Crippen molar-refractivity contribution in [3.8, 4) is 0 Å². The number of ether oxygens (including phenoxy) is 1. The number of hydrogen-bond donors (Lipinski definition) is 0. The highest BCUT2D eigenvalue weighted by Gasteiger charge is 2.30. The van der Waals surface area contributed by atoms with E-state index in [1.54, 1.807) is 31.2 Å². The summed E-state index contributed by atoms with van der Waals surface area (Å²) in [5.74, 6) is -2.01. The summed E-state index contributed by atoms with van der Waals surface area (Å²) in [6.07, 6.45) is 0. The minimum atomic E-state index is -1.03. The molecule has 0 heterocycles. The molecule has 5 heteroatoms. The lowest BCUT2D eigenvalue weighted by Gasteiger charge is -2.15. The van der Waals surface area contributed by atoms with Crippen LogP contribution in [0.3, 0.4) is 0 Å². The van der Waals surface area contributed by atoms with E-state index in [2.05, 4.69) is 0 Å². The van der Waals surface area contributed by atoms with E-state index in [1.165, 1.54) is 18.2 Å². The van der Waals surface area contributed by atoms with Crippen LogP contribution in [0.4, 0.5) is 0 Å². The van der Waals surface area contributed by atoms with Crippen molar-refractivity contribution in [3.63, 3.8) is 0 Å². The molecule has 0 spiro atoms. The first-order valence-electron chi connectivity index (χ1n) is 6.74. The van der Waals surface area contributed by atoms with Gasteiger partial charge in [0, 0.05) is 15.6 Å². The number of ketones is 1. The molecule has 1 atom stereocenters. The molecule has 0 aliphatic rings. The Hall–Kier alpha value is -1.84. The van der Waals surface area contributed by atoms with Gasteiger partial charge < -0.3 is 4.74 Å². The van der Waals surface area contributed by atoms with Gasteiger partial charge in [0.25, 0.3) is 0 Å². The van der Waals surface area contributed by atoms with Crippen LogP contribution >= 0.6 is 23.2 Å². The summed E-state index contributed by atoms with van der Waals surface area (Å²) in [6, 6.07) is 13.3. The van der Waals surface area contributed by atoms with E-state index in [0.29, 0.717) is 15.6 Å². The average molecular weight is 337 g/mol. The molecule has 2 aromatic carbocycles. The van der Waals surface area contributed by atoms with Gasteiger partial charge in [-0.15, -0.1) is 0 Å². The standard InChI is InChI=1S/C17H14Cl2O3/c1-2-22-17(21)15(11-6-4-3-5-7-11)16(20)12-8-13(18)10-14(19)9-12/h3-10,15H,2H2,1H3.